The number of aromatic nitrogens is 1. The van der Waals surface area contributed by atoms with Crippen LogP contribution in [-0.2, 0) is 22.6 Å². The predicted molar refractivity (Wildman–Crippen MR) is 74.8 cm³/mol. The maximum atomic E-state index is 10.9. The monoisotopic (exact) mass is 284 g/mol. The van der Waals surface area contributed by atoms with Gasteiger partial charge in [-0.05, 0) is 12.8 Å². The fourth-order valence-electron chi connectivity index (χ4n) is 2.29. The molecule has 1 aromatic heterocycles. The summed E-state index contributed by atoms with van der Waals surface area (Å²) in [5.41, 5.74) is 0.772. The first-order valence-electron chi connectivity index (χ1n) is 6.65. The molecule has 1 aliphatic heterocycles. The molecule has 0 saturated carbocycles. The summed E-state index contributed by atoms with van der Waals surface area (Å²) in [5, 5.41) is 9.90. The number of carboxylic acids is 1. The van der Waals surface area contributed by atoms with Crippen molar-refractivity contribution in [2.75, 3.05) is 25.1 Å². The van der Waals surface area contributed by atoms with E-state index < -0.39 is 5.97 Å². The van der Waals surface area contributed by atoms with Gasteiger partial charge in [-0.1, -0.05) is 12.8 Å². The molecule has 1 aliphatic rings. The topological polar surface area (TPSA) is 62.7 Å². The fraction of sp³-hybridized carbons (Fsp3) is 0.692. The third-order valence-electron chi connectivity index (χ3n) is 3.24. The number of carboxylic acid groups (broad SMARTS) is 1. The average molecular weight is 284 g/mol. The van der Waals surface area contributed by atoms with Crippen molar-refractivity contribution in [1.29, 1.82) is 0 Å². The molecule has 6 heteroatoms. The molecule has 5 nitrogen and oxygen atoms in total. The van der Waals surface area contributed by atoms with E-state index in [0.29, 0.717) is 6.61 Å². The zero-order valence-corrected chi connectivity index (χ0v) is 12.0. The summed E-state index contributed by atoms with van der Waals surface area (Å²) in [4.78, 5) is 18.6. The molecule has 0 amide bonds. The number of anilines is 1. The van der Waals surface area contributed by atoms with Gasteiger partial charge in [0.1, 0.15) is 0 Å². The van der Waals surface area contributed by atoms with Crippen LogP contribution in [0.1, 0.15) is 36.3 Å². The van der Waals surface area contributed by atoms with Gasteiger partial charge in [-0.3, -0.25) is 4.79 Å². The molecular formula is C13H20N2O3S. The number of aliphatic carboxylic acids is 1. The first kappa shape index (κ1) is 14.3. The van der Waals surface area contributed by atoms with Crippen molar-refractivity contribution in [1.82, 2.24) is 4.98 Å². The molecule has 1 aromatic rings. The van der Waals surface area contributed by atoms with Crippen molar-refractivity contribution in [3.05, 3.63) is 10.6 Å². The van der Waals surface area contributed by atoms with Crippen molar-refractivity contribution < 1.29 is 14.6 Å². The Bertz CT molecular complexity index is 426. The molecule has 0 unspecified atom stereocenters. The lowest BCUT2D eigenvalue weighted by Crippen LogP contribution is -2.23. The standard InChI is InChI=1S/C13H20N2O3S/c1-18-9-10-11(8-12(16)17)19-13(14-10)15-6-4-2-3-5-7-15/h2-9H2,1H3,(H,16,17). The number of ether oxygens (including phenoxy) is 1. The van der Waals surface area contributed by atoms with Crippen LogP contribution >= 0.6 is 11.3 Å². The second-order valence-electron chi connectivity index (χ2n) is 4.77. The smallest absolute Gasteiger partial charge is 0.308 e. The summed E-state index contributed by atoms with van der Waals surface area (Å²) in [6.45, 7) is 2.42. The Morgan fingerprint density at radius 1 is 1.37 bits per heavy atom. The summed E-state index contributed by atoms with van der Waals surface area (Å²) in [6, 6.07) is 0. The van der Waals surface area contributed by atoms with Gasteiger partial charge in [-0.15, -0.1) is 11.3 Å². The Balaban J connectivity index is 2.17. The second kappa shape index (κ2) is 6.86. The number of carbonyl (C=O) groups is 1. The van der Waals surface area contributed by atoms with Gasteiger partial charge in [-0.2, -0.15) is 0 Å². The number of hydrogen-bond acceptors (Lipinski definition) is 5. The molecule has 1 saturated heterocycles. The second-order valence-corrected chi connectivity index (χ2v) is 5.83. The molecule has 2 rings (SSSR count). The highest BCUT2D eigenvalue weighted by Crippen LogP contribution is 2.29. The number of methoxy groups -OCH3 is 1. The summed E-state index contributed by atoms with van der Waals surface area (Å²) < 4.78 is 5.11. The van der Waals surface area contributed by atoms with Gasteiger partial charge >= 0.3 is 5.97 Å². The zero-order chi connectivity index (χ0) is 13.7. The molecule has 0 bridgehead atoms. The van der Waals surface area contributed by atoms with Crippen LogP contribution in [0.4, 0.5) is 5.13 Å². The summed E-state index contributed by atoms with van der Waals surface area (Å²) in [7, 11) is 1.61. The van der Waals surface area contributed by atoms with Crippen LogP contribution in [0.2, 0.25) is 0 Å². The lowest BCUT2D eigenvalue weighted by molar-refractivity contribution is -0.136. The molecule has 19 heavy (non-hydrogen) atoms. The highest BCUT2D eigenvalue weighted by Gasteiger charge is 2.18. The van der Waals surface area contributed by atoms with E-state index in [1.807, 2.05) is 0 Å². The minimum Gasteiger partial charge on any atom is -0.481 e. The van der Waals surface area contributed by atoms with Gasteiger partial charge in [0.2, 0.25) is 0 Å². The van der Waals surface area contributed by atoms with Crippen LogP contribution in [0.25, 0.3) is 0 Å². The van der Waals surface area contributed by atoms with Crippen molar-refractivity contribution >= 4 is 22.4 Å². The van der Waals surface area contributed by atoms with E-state index in [2.05, 4.69) is 9.88 Å². The minimum atomic E-state index is -0.816. The van der Waals surface area contributed by atoms with E-state index >= 15 is 0 Å². The number of rotatable bonds is 5. The maximum absolute atomic E-state index is 10.9. The van der Waals surface area contributed by atoms with Crippen molar-refractivity contribution in [3.63, 3.8) is 0 Å². The quantitative estimate of drug-likeness (QED) is 0.899. The van der Waals surface area contributed by atoms with Crippen molar-refractivity contribution in [2.45, 2.75) is 38.7 Å². The molecule has 1 fully saturated rings. The summed E-state index contributed by atoms with van der Waals surface area (Å²) >= 11 is 1.50. The fourth-order valence-corrected chi connectivity index (χ4v) is 3.40. The van der Waals surface area contributed by atoms with E-state index in [1.165, 1.54) is 37.0 Å². The molecule has 0 aromatic carbocycles. The van der Waals surface area contributed by atoms with Crippen LogP contribution < -0.4 is 4.90 Å². The molecule has 1 N–H and O–H groups in total. The molecule has 106 valence electrons. The molecule has 2 heterocycles. The van der Waals surface area contributed by atoms with E-state index in [-0.39, 0.29) is 6.42 Å². The van der Waals surface area contributed by atoms with Gasteiger partial charge in [0.15, 0.2) is 5.13 Å². The van der Waals surface area contributed by atoms with E-state index in [4.69, 9.17) is 9.84 Å². The normalized spacial score (nSPS) is 16.4. The summed E-state index contributed by atoms with van der Waals surface area (Å²) in [6.07, 6.45) is 4.95. The first-order valence-corrected chi connectivity index (χ1v) is 7.46. The Kier molecular flexibility index (Phi) is 5.15. The number of nitrogens with zero attached hydrogens (tertiary/aromatic N) is 2. The summed E-state index contributed by atoms with van der Waals surface area (Å²) in [5.74, 6) is -0.816. The van der Waals surface area contributed by atoms with Crippen LogP contribution in [0.3, 0.4) is 0 Å². The minimum absolute atomic E-state index is 0.0319. The Hall–Kier alpha value is -1.14. The van der Waals surface area contributed by atoms with E-state index in [9.17, 15) is 4.79 Å². The Morgan fingerprint density at radius 3 is 2.63 bits per heavy atom. The predicted octanol–water partition coefficient (Wildman–Crippen LogP) is 2.30. The van der Waals surface area contributed by atoms with Crippen molar-refractivity contribution in [2.24, 2.45) is 0 Å². The third-order valence-corrected chi connectivity index (χ3v) is 4.39. The number of hydrogen-bond donors (Lipinski definition) is 1. The highest BCUT2D eigenvalue weighted by molar-refractivity contribution is 7.15. The van der Waals surface area contributed by atoms with Gasteiger partial charge in [-0.25, -0.2) is 4.98 Å². The van der Waals surface area contributed by atoms with Gasteiger partial charge in [0, 0.05) is 25.1 Å². The maximum Gasteiger partial charge on any atom is 0.308 e. The largest absolute Gasteiger partial charge is 0.481 e. The van der Waals surface area contributed by atoms with Crippen molar-refractivity contribution in [3.8, 4) is 0 Å². The molecule has 0 aliphatic carbocycles. The SMILES string of the molecule is COCc1nc(N2CCCCCC2)sc1CC(=O)O. The van der Waals surface area contributed by atoms with Gasteiger partial charge in [0.25, 0.3) is 0 Å². The highest BCUT2D eigenvalue weighted by atomic mass is 32.1. The molecule has 0 spiro atoms. The zero-order valence-electron chi connectivity index (χ0n) is 11.2. The van der Waals surface area contributed by atoms with Crippen LogP contribution in [0.5, 0.6) is 0 Å². The van der Waals surface area contributed by atoms with E-state index in [0.717, 1.165) is 28.8 Å². The molecular weight excluding hydrogens is 264 g/mol. The first-order chi connectivity index (χ1) is 9.20. The Morgan fingerprint density at radius 2 is 2.05 bits per heavy atom. The van der Waals surface area contributed by atoms with Crippen LogP contribution in [0, 0.1) is 0 Å². The molecule has 0 atom stereocenters. The van der Waals surface area contributed by atoms with Crippen LogP contribution in [-0.4, -0.2) is 36.3 Å². The number of thiazole rings is 1. The third kappa shape index (κ3) is 3.91. The van der Waals surface area contributed by atoms with Gasteiger partial charge in [0.05, 0.1) is 18.7 Å². The van der Waals surface area contributed by atoms with Gasteiger partial charge < -0.3 is 14.7 Å². The average Bonchev–Trinajstić information content (AvgIpc) is 2.61. The molecule has 0 radical (unpaired) electrons. The lowest BCUT2D eigenvalue weighted by atomic mass is 10.2. The van der Waals surface area contributed by atoms with Crippen LogP contribution in [0.15, 0.2) is 0 Å². The lowest BCUT2D eigenvalue weighted by Gasteiger charge is -2.18. The van der Waals surface area contributed by atoms with E-state index in [1.54, 1.807) is 7.11 Å². The Labute approximate surface area is 117 Å².